The number of pyridine rings is 1. The molecule has 1 saturated heterocycles. The smallest absolute Gasteiger partial charge is 0.234 e. The summed E-state index contributed by atoms with van der Waals surface area (Å²) in [7, 11) is 0. The van der Waals surface area contributed by atoms with E-state index >= 15 is 0 Å². The van der Waals surface area contributed by atoms with E-state index < -0.39 is 0 Å². The zero-order chi connectivity index (χ0) is 15.5. The van der Waals surface area contributed by atoms with Gasteiger partial charge in [0.1, 0.15) is 0 Å². The lowest BCUT2D eigenvalue weighted by molar-refractivity contribution is -0.120. The van der Waals surface area contributed by atoms with Gasteiger partial charge in [-0.3, -0.25) is 9.78 Å². The highest BCUT2D eigenvalue weighted by molar-refractivity contribution is 5.78. The molecule has 5 heteroatoms. The number of carbonyl (C=O) groups excluding carboxylic acids is 1. The molecule has 1 aromatic heterocycles. The summed E-state index contributed by atoms with van der Waals surface area (Å²) in [4.78, 5) is 15.9. The van der Waals surface area contributed by atoms with Gasteiger partial charge in [0.2, 0.25) is 5.91 Å². The second-order valence-corrected chi connectivity index (χ2v) is 6.74. The molecule has 1 aliphatic heterocycles. The van der Waals surface area contributed by atoms with Crippen molar-refractivity contribution < 1.29 is 9.53 Å². The Balaban J connectivity index is 1.77. The van der Waals surface area contributed by atoms with E-state index in [1.165, 1.54) is 0 Å². The molecule has 0 saturated carbocycles. The molecule has 0 spiro atoms. The average molecular weight is 291 g/mol. The molecule has 1 aromatic rings. The van der Waals surface area contributed by atoms with Crippen LogP contribution >= 0.6 is 0 Å². The molecule has 1 atom stereocenters. The Morgan fingerprint density at radius 1 is 1.43 bits per heavy atom. The van der Waals surface area contributed by atoms with Crippen LogP contribution < -0.4 is 10.6 Å². The van der Waals surface area contributed by atoms with Crippen molar-refractivity contribution in [3.05, 3.63) is 30.1 Å². The Morgan fingerprint density at radius 3 is 2.76 bits per heavy atom. The lowest BCUT2D eigenvalue weighted by Crippen LogP contribution is -2.47. The lowest BCUT2D eigenvalue weighted by Gasteiger charge is -2.27. The van der Waals surface area contributed by atoms with Gasteiger partial charge in [-0.05, 0) is 45.7 Å². The molecule has 21 heavy (non-hydrogen) atoms. The van der Waals surface area contributed by atoms with E-state index in [0.29, 0.717) is 13.1 Å². The van der Waals surface area contributed by atoms with Gasteiger partial charge in [-0.25, -0.2) is 0 Å². The molecule has 0 radical (unpaired) electrons. The number of hydrogen-bond acceptors (Lipinski definition) is 4. The number of hydrogen-bond donors (Lipinski definition) is 2. The normalized spacial score (nSPS) is 23.0. The minimum atomic E-state index is -0.257. The quantitative estimate of drug-likeness (QED) is 0.865. The highest BCUT2D eigenvalue weighted by Crippen LogP contribution is 2.36. The minimum Gasteiger partial charge on any atom is -0.368 e. The van der Waals surface area contributed by atoms with Gasteiger partial charge < -0.3 is 15.4 Å². The van der Waals surface area contributed by atoms with Crippen molar-refractivity contribution in [1.82, 2.24) is 15.6 Å². The van der Waals surface area contributed by atoms with Crippen molar-refractivity contribution in [1.29, 1.82) is 0 Å². The molecule has 2 heterocycles. The largest absolute Gasteiger partial charge is 0.368 e. The Morgan fingerprint density at radius 2 is 2.19 bits per heavy atom. The van der Waals surface area contributed by atoms with E-state index in [2.05, 4.69) is 43.3 Å². The van der Waals surface area contributed by atoms with Crippen molar-refractivity contribution in [3.63, 3.8) is 0 Å². The van der Waals surface area contributed by atoms with E-state index in [9.17, 15) is 4.79 Å². The van der Waals surface area contributed by atoms with Crippen LogP contribution in [0.1, 0.15) is 39.7 Å². The molecular formula is C16H25N3O2. The molecule has 5 nitrogen and oxygen atoms in total. The van der Waals surface area contributed by atoms with Crippen molar-refractivity contribution in [3.8, 4) is 0 Å². The average Bonchev–Trinajstić information content (AvgIpc) is 2.62. The maximum atomic E-state index is 11.9. The molecule has 0 unspecified atom stereocenters. The van der Waals surface area contributed by atoms with Crippen LogP contribution in [0.15, 0.2) is 24.5 Å². The van der Waals surface area contributed by atoms with Gasteiger partial charge >= 0.3 is 0 Å². The van der Waals surface area contributed by atoms with Crippen molar-refractivity contribution in [2.24, 2.45) is 0 Å². The fourth-order valence-corrected chi connectivity index (χ4v) is 2.86. The van der Waals surface area contributed by atoms with Gasteiger partial charge in [0.25, 0.3) is 0 Å². The number of carbonyl (C=O) groups is 1. The van der Waals surface area contributed by atoms with Crippen LogP contribution in [0.25, 0.3) is 0 Å². The molecule has 1 amide bonds. The van der Waals surface area contributed by atoms with E-state index in [4.69, 9.17) is 4.74 Å². The summed E-state index contributed by atoms with van der Waals surface area (Å²) in [6.45, 7) is 9.09. The summed E-state index contributed by atoms with van der Waals surface area (Å²) in [5.74, 6) is -0.0145. The molecule has 1 aliphatic rings. The van der Waals surface area contributed by atoms with Crippen molar-refractivity contribution in [2.45, 2.75) is 57.9 Å². The first-order valence-electron chi connectivity index (χ1n) is 7.38. The number of amides is 1. The first-order chi connectivity index (χ1) is 9.78. The van der Waals surface area contributed by atoms with Gasteiger partial charge in [0.15, 0.2) is 0 Å². The van der Waals surface area contributed by atoms with Gasteiger partial charge in [0.05, 0.1) is 17.7 Å². The second-order valence-electron chi connectivity index (χ2n) is 6.74. The number of aromatic nitrogens is 1. The predicted octanol–water partition coefficient (Wildman–Crippen LogP) is 1.63. The third kappa shape index (κ3) is 4.51. The van der Waals surface area contributed by atoms with E-state index in [1.807, 2.05) is 12.1 Å². The molecule has 0 aromatic carbocycles. The van der Waals surface area contributed by atoms with Crippen LogP contribution in [0, 0.1) is 0 Å². The third-order valence-electron chi connectivity index (χ3n) is 3.80. The van der Waals surface area contributed by atoms with Crippen LogP contribution in [0.3, 0.4) is 0 Å². The van der Waals surface area contributed by atoms with Gasteiger partial charge in [-0.2, -0.15) is 0 Å². The molecule has 2 rings (SSSR count). The number of ether oxygens (including phenoxy) is 1. The fourth-order valence-electron chi connectivity index (χ4n) is 2.86. The van der Waals surface area contributed by atoms with Crippen LogP contribution in [0.2, 0.25) is 0 Å². The molecule has 1 fully saturated rings. The van der Waals surface area contributed by atoms with Crippen molar-refractivity contribution >= 4 is 5.91 Å². The molecule has 0 aliphatic carbocycles. The highest BCUT2D eigenvalue weighted by Gasteiger charge is 2.45. The highest BCUT2D eigenvalue weighted by atomic mass is 16.5. The van der Waals surface area contributed by atoms with Crippen LogP contribution in [0.4, 0.5) is 0 Å². The predicted molar refractivity (Wildman–Crippen MR) is 81.7 cm³/mol. The number of nitrogens with zero attached hydrogens (tertiary/aromatic N) is 1. The second kappa shape index (κ2) is 6.12. The SMILES string of the molecule is CC1(C)C[C@H](NCC(=O)NCc2cccnc2)C(C)(C)O1. The summed E-state index contributed by atoms with van der Waals surface area (Å²) in [6, 6.07) is 3.98. The Hall–Kier alpha value is -1.46. The molecule has 2 N–H and O–H groups in total. The van der Waals surface area contributed by atoms with E-state index in [1.54, 1.807) is 12.4 Å². The van der Waals surface area contributed by atoms with Crippen LogP contribution in [-0.2, 0) is 16.1 Å². The zero-order valence-electron chi connectivity index (χ0n) is 13.3. The molecule has 116 valence electrons. The fraction of sp³-hybridized carbons (Fsp3) is 0.625. The lowest BCUT2D eigenvalue weighted by atomic mass is 9.94. The summed E-state index contributed by atoms with van der Waals surface area (Å²) >= 11 is 0. The maximum absolute atomic E-state index is 11.9. The van der Waals surface area contributed by atoms with E-state index in [0.717, 1.165) is 12.0 Å². The van der Waals surface area contributed by atoms with E-state index in [-0.39, 0.29) is 23.2 Å². The topological polar surface area (TPSA) is 63.2 Å². The van der Waals surface area contributed by atoms with Gasteiger partial charge in [-0.15, -0.1) is 0 Å². The Bertz CT molecular complexity index is 486. The third-order valence-corrected chi connectivity index (χ3v) is 3.80. The first-order valence-corrected chi connectivity index (χ1v) is 7.38. The number of rotatable bonds is 5. The Kier molecular flexibility index (Phi) is 4.64. The van der Waals surface area contributed by atoms with Crippen LogP contribution in [0.5, 0.6) is 0 Å². The Labute approximate surface area is 126 Å². The maximum Gasteiger partial charge on any atom is 0.234 e. The zero-order valence-corrected chi connectivity index (χ0v) is 13.3. The van der Waals surface area contributed by atoms with Crippen LogP contribution in [-0.4, -0.2) is 34.7 Å². The standard InChI is InChI=1S/C16H25N3O2/c1-15(2)8-13(16(3,4)21-15)18-11-14(20)19-10-12-6-5-7-17-9-12/h5-7,9,13,18H,8,10-11H2,1-4H3,(H,19,20)/t13-/m0/s1. The first kappa shape index (κ1) is 15.9. The van der Waals surface area contributed by atoms with Gasteiger partial charge in [0, 0.05) is 25.0 Å². The van der Waals surface area contributed by atoms with Crippen molar-refractivity contribution in [2.75, 3.05) is 6.54 Å². The summed E-state index contributed by atoms with van der Waals surface area (Å²) in [6.07, 6.45) is 4.37. The monoisotopic (exact) mass is 291 g/mol. The minimum absolute atomic E-state index is 0.0145. The van der Waals surface area contributed by atoms with Gasteiger partial charge in [-0.1, -0.05) is 6.07 Å². The number of nitrogens with one attached hydrogen (secondary N) is 2. The summed E-state index contributed by atoms with van der Waals surface area (Å²) in [5, 5.41) is 6.20. The molecular weight excluding hydrogens is 266 g/mol. The summed E-state index contributed by atoms with van der Waals surface area (Å²) in [5.41, 5.74) is 0.594. The molecule has 0 bridgehead atoms. The summed E-state index contributed by atoms with van der Waals surface area (Å²) < 4.78 is 6.01.